The molecule has 0 radical (unpaired) electrons. The predicted molar refractivity (Wildman–Crippen MR) is 200 cm³/mol. The minimum absolute atomic E-state index is 0.659. The average molecular weight is 951 g/mol. The van der Waals surface area contributed by atoms with Gasteiger partial charge in [-0.05, 0) is 6.92 Å². The van der Waals surface area contributed by atoms with Gasteiger partial charge >= 0.3 is 11.9 Å². The zero-order valence-corrected chi connectivity index (χ0v) is 34.9. The van der Waals surface area contributed by atoms with Gasteiger partial charge in [0, 0.05) is 33.1 Å². The summed E-state index contributed by atoms with van der Waals surface area (Å²) in [6.07, 6.45) is -41.4. The van der Waals surface area contributed by atoms with E-state index in [1.807, 2.05) is 0 Å². The number of carboxylic acids is 2. The van der Waals surface area contributed by atoms with Crippen LogP contribution in [0.1, 0.15) is 40.0 Å². The number of hydrogen-bond acceptors (Lipinski definition) is 25. The summed E-state index contributed by atoms with van der Waals surface area (Å²) in [5, 5.41) is 165. The van der Waals surface area contributed by atoms with Gasteiger partial charge in [0.15, 0.2) is 12.6 Å². The second kappa shape index (κ2) is 22.2. The van der Waals surface area contributed by atoms with Gasteiger partial charge in [-0.25, -0.2) is 9.59 Å². The fraction of sp³-hybridized carbons (Fsp3) is 0.861. The summed E-state index contributed by atoms with van der Waals surface area (Å²) in [6.45, 7) is -0.576. The molecule has 4 aliphatic rings. The zero-order chi connectivity index (χ0) is 49.0. The van der Waals surface area contributed by atoms with Gasteiger partial charge in [0.25, 0.3) is 11.6 Å². The molecule has 17 N–H and O–H groups in total. The first-order valence-corrected chi connectivity index (χ1v) is 20.1. The molecule has 4 heterocycles. The third-order valence-corrected chi connectivity index (χ3v) is 11.3. The fourth-order valence-electron chi connectivity index (χ4n) is 8.06. The molecule has 0 aromatic carbocycles. The first-order chi connectivity index (χ1) is 30.3. The highest BCUT2D eigenvalue weighted by molar-refractivity contribution is 5.78. The maximum absolute atomic E-state index is 13.2. The summed E-state index contributed by atoms with van der Waals surface area (Å²) in [5.74, 6) is -13.3. The Balaban J connectivity index is 1.72. The number of carbonyl (C=O) groups excluding carboxylic acids is 3. The molecule has 4 aliphatic heterocycles. The molecule has 4 fully saturated rings. The van der Waals surface area contributed by atoms with Crippen molar-refractivity contribution in [3.05, 3.63) is 0 Å². The molecule has 0 unspecified atom stereocenters. The molecule has 0 saturated carbocycles. The van der Waals surface area contributed by atoms with E-state index in [-0.39, 0.29) is 0 Å². The molecule has 22 atom stereocenters. The predicted octanol–water partition coefficient (Wildman–Crippen LogP) is -10.1. The Hall–Kier alpha value is -3.25. The standard InChI is InChI=1S/C36H58N2O27/c1-10(42)4-13(45)21(48)28-19(37-11(2)43)14(46)5-35(63-28,33(55)56)62-17(8-40)23(50)29-20(38-12(3)44)15(47)6-36(64-29,34(57)58)65-30-22(49)16(7-39)60-32(26(30)53)61-27-18(9-41)59-31(54)25(52)24(27)51/h13-32,39-41,45-54H,4-9H2,1-3H3,(H,37,43)(H,38,44)(H,55,56)(H,57,58)/t13-,14+,15+,16-,17-,18-,19-,20-,21-,22+,23-,24-,25-,26-,27-,28-,29-,30+,31-,32+,35-,36+/m1/s1. The topological polar surface area (TPSA) is 477 Å². The van der Waals surface area contributed by atoms with Crippen molar-refractivity contribution in [2.75, 3.05) is 19.8 Å². The van der Waals surface area contributed by atoms with E-state index in [4.69, 9.17) is 33.2 Å². The molecule has 4 saturated heterocycles. The SMILES string of the molecule is CC(=O)C[C@@H](O)[C@@H](O)[C@@H]1O[C@@](O[C@H](CO)[C@@H](O)[C@@H]2O[C@@](O[C@H]3[C@@H](O)[C@@H](CO)O[C@@H](O[C@H]4[C@H](O)[C@@H](O)[C@H](O)O[C@@H]4CO)[C@@H]3O)(C(=O)O)C[C@H](O)[C@H]2NC(C)=O)(C(=O)O)C[C@H](O)[C@H]1NC(C)=O. The second-order valence-electron chi connectivity index (χ2n) is 16.2. The molecule has 2 amide bonds. The number of amides is 2. The fourth-order valence-corrected chi connectivity index (χ4v) is 8.06. The van der Waals surface area contributed by atoms with Gasteiger partial charge in [0.2, 0.25) is 11.8 Å². The van der Waals surface area contributed by atoms with Crippen molar-refractivity contribution in [3.8, 4) is 0 Å². The van der Waals surface area contributed by atoms with Crippen LogP contribution in [-0.2, 0) is 57.1 Å². The number of ether oxygens (including phenoxy) is 7. The van der Waals surface area contributed by atoms with Gasteiger partial charge in [-0.15, -0.1) is 0 Å². The highest BCUT2D eigenvalue weighted by Crippen LogP contribution is 2.40. The van der Waals surface area contributed by atoms with E-state index in [1.165, 1.54) is 0 Å². The number of carbonyl (C=O) groups is 5. The van der Waals surface area contributed by atoms with Crippen LogP contribution in [0.25, 0.3) is 0 Å². The van der Waals surface area contributed by atoms with Crippen molar-refractivity contribution < 1.29 is 134 Å². The number of nitrogens with one attached hydrogen (secondary N) is 2. The van der Waals surface area contributed by atoms with E-state index in [0.29, 0.717) is 0 Å². The summed E-state index contributed by atoms with van der Waals surface area (Å²) in [5.41, 5.74) is 0. The molecule has 29 heteroatoms. The van der Waals surface area contributed by atoms with Crippen molar-refractivity contribution in [2.24, 2.45) is 0 Å². The van der Waals surface area contributed by atoms with Crippen LogP contribution in [0, 0.1) is 0 Å². The van der Waals surface area contributed by atoms with Crippen LogP contribution in [0.2, 0.25) is 0 Å². The van der Waals surface area contributed by atoms with Gasteiger partial charge in [0.1, 0.15) is 85.1 Å². The molecule has 0 aromatic heterocycles. The van der Waals surface area contributed by atoms with E-state index in [1.54, 1.807) is 0 Å². The summed E-state index contributed by atoms with van der Waals surface area (Å²) < 4.78 is 38.6. The minimum Gasteiger partial charge on any atom is -0.477 e. The molecule has 0 spiro atoms. The number of hydrogen-bond donors (Lipinski definition) is 17. The quantitative estimate of drug-likeness (QED) is 0.0572. The van der Waals surface area contributed by atoms with Crippen molar-refractivity contribution >= 4 is 29.5 Å². The number of carboxylic acid groups (broad SMARTS) is 2. The van der Waals surface area contributed by atoms with Crippen molar-refractivity contribution in [1.82, 2.24) is 10.6 Å². The highest BCUT2D eigenvalue weighted by atomic mass is 16.8. The maximum Gasteiger partial charge on any atom is 0.364 e. The summed E-state index contributed by atoms with van der Waals surface area (Å²) >= 11 is 0. The van der Waals surface area contributed by atoms with E-state index in [9.17, 15) is 101 Å². The van der Waals surface area contributed by atoms with E-state index in [0.717, 1.165) is 20.8 Å². The number of ketones is 1. The third-order valence-electron chi connectivity index (χ3n) is 11.3. The molecular formula is C36H58N2O27. The number of Topliss-reactive ketones (excluding diaryl/α,β-unsaturated/α-hetero) is 1. The lowest BCUT2D eigenvalue weighted by molar-refractivity contribution is -0.387. The maximum atomic E-state index is 13.2. The van der Waals surface area contributed by atoms with Crippen LogP contribution in [-0.4, -0.2) is 260 Å². The average Bonchev–Trinajstić information content (AvgIpc) is 3.22. The van der Waals surface area contributed by atoms with Crippen LogP contribution in [0.3, 0.4) is 0 Å². The molecule has 0 bridgehead atoms. The van der Waals surface area contributed by atoms with Crippen LogP contribution in [0.5, 0.6) is 0 Å². The molecular weight excluding hydrogens is 892 g/mol. The van der Waals surface area contributed by atoms with Crippen molar-refractivity contribution in [1.29, 1.82) is 0 Å². The number of aliphatic carboxylic acids is 2. The molecule has 65 heavy (non-hydrogen) atoms. The number of rotatable bonds is 19. The smallest absolute Gasteiger partial charge is 0.364 e. The van der Waals surface area contributed by atoms with E-state index < -0.39 is 203 Å². The molecule has 29 nitrogen and oxygen atoms in total. The van der Waals surface area contributed by atoms with Crippen LogP contribution in [0.4, 0.5) is 0 Å². The lowest BCUT2D eigenvalue weighted by atomic mass is 9.86. The van der Waals surface area contributed by atoms with Crippen LogP contribution in [0.15, 0.2) is 0 Å². The number of aliphatic hydroxyl groups is 13. The molecule has 4 rings (SSSR count). The minimum atomic E-state index is -3.34. The van der Waals surface area contributed by atoms with Gasteiger partial charge in [-0.2, -0.15) is 0 Å². The Morgan fingerprint density at radius 1 is 0.662 bits per heavy atom. The monoisotopic (exact) mass is 950 g/mol. The summed E-state index contributed by atoms with van der Waals surface area (Å²) in [4.78, 5) is 62.3. The highest BCUT2D eigenvalue weighted by Gasteiger charge is 2.62. The largest absolute Gasteiger partial charge is 0.477 e. The Morgan fingerprint density at radius 3 is 1.65 bits per heavy atom. The van der Waals surface area contributed by atoms with Gasteiger partial charge in [0.05, 0.1) is 50.2 Å². The Morgan fingerprint density at radius 2 is 1.17 bits per heavy atom. The van der Waals surface area contributed by atoms with Gasteiger partial charge in [-0.1, -0.05) is 0 Å². The van der Waals surface area contributed by atoms with Crippen molar-refractivity contribution in [3.63, 3.8) is 0 Å². The van der Waals surface area contributed by atoms with Gasteiger partial charge < -0.3 is 120 Å². The zero-order valence-electron chi connectivity index (χ0n) is 34.9. The Labute approximate surface area is 367 Å². The Bertz CT molecular complexity index is 1660. The second-order valence-corrected chi connectivity index (χ2v) is 16.2. The first-order valence-electron chi connectivity index (χ1n) is 20.1. The molecule has 374 valence electrons. The van der Waals surface area contributed by atoms with E-state index in [2.05, 4.69) is 10.6 Å². The summed E-state index contributed by atoms with van der Waals surface area (Å²) in [7, 11) is 0. The van der Waals surface area contributed by atoms with Gasteiger partial charge in [-0.3, -0.25) is 14.4 Å². The lowest BCUT2D eigenvalue weighted by Crippen LogP contribution is -2.71. The third kappa shape index (κ3) is 11.9. The normalized spacial score (nSPS) is 41.9. The Kier molecular flexibility index (Phi) is 18.6. The van der Waals surface area contributed by atoms with Crippen molar-refractivity contribution in [2.45, 2.75) is 174 Å². The number of aliphatic hydroxyl groups excluding tert-OH is 13. The van der Waals surface area contributed by atoms with Crippen LogP contribution < -0.4 is 10.6 Å². The molecule has 0 aliphatic carbocycles. The van der Waals surface area contributed by atoms with E-state index >= 15 is 0 Å². The summed E-state index contributed by atoms with van der Waals surface area (Å²) in [6, 6.07) is -3.58. The molecule has 0 aromatic rings. The first kappa shape index (κ1) is 54.4. The van der Waals surface area contributed by atoms with Crippen LogP contribution >= 0.6 is 0 Å². The lowest BCUT2D eigenvalue weighted by Gasteiger charge is -2.51.